The highest BCUT2D eigenvalue weighted by Gasteiger charge is 2.34. The van der Waals surface area contributed by atoms with E-state index in [0.29, 0.717) is 5.41 Å². The zero-order valence-electron chi connectivity index (χ0n) is 14.5. The molecule has 1 atom stereocenters. The van der Waals surface area contributed by atoms with E-state index in [1.807, 2.05) is 0 Å². The number of nitrogens with zero attached hydrogens (tertiary/aromatic N) is 1. The van der Waals surface area contributed by atoms with Crippen molar-refractivity contribution in [2.45, 2.75) is 64.8 Å². The molecule has 1 saturated heterocycles. The van der Waals surface area contributed by atoms with Crippen molar-refractivity contribution < 1.29 is 0 Å². The van der Waals surface area contributed by atoms with Gasteiger partial charge in [-0.1, -0.05) is 39.5 Å². The van der Waals surface area contributed by atoms with Gasteiger partial charge in [-0.05, 0) is 49.9 Å². The van der Waals surface area contributed by atoms with Gasteiger partial charge in [-0.25, -0.2) is 0 Å². The van der Waals surface area contributed by atoms with Crippen LogP contribution in [0.5, 0.6) is 0 Å². The molecule has 124 valence electrons. The Bertz CT molecular complexity index is 279. The predicted molar refractivity (Wildman–Crippen MR) is 96.2 cm³/mol. The minimum absolute atomic E-state index is 0.535. The van der Waals surface area contributed by atoms with Gasteiger partial charge in [0, 0.05) is 24.9 Å². The fourth-order valence-electron chi connectivity index (χ4n) is 4.02. The smallest absolute Gasteiger partial charge is 0.0191 e. The first-order valence-electron chi connectivity index (χ1n) is 9.10. The Morgan fingerprint density at radius 2 is 1.90 bits per heavy atom. The van der Waals surface area contributed by atoms with Crippen LogP contribution < -0.4 is 5.32 Å². The highest BCUT2D eigenvalue weighted by Crippen LogP contribution is 2.36. The second kappa shape index (κ2) is 8.79. The van der Waals surface area contributed by atoms with Crippen molar-refractivity contribution in [3.63, 3.8) is 0 Å². The zero-order valence-corrected chi connectivity index (χ0v) is 15.3. The molecular formula is C18H36N2S. The maximum Gasteiger partial charge on any atom is 0.0191 e. The average molecular weight is 313 g/mol. The highest BCUT2D eigenvalue weighted by atomic mass is 32.2. The van der Waals surface area contributed by atoms with Crippen molar-refractivity contribution in [3.05, 3.63) is 0 Å². The lowest BCUT2D eigenvalue weighted by molar-refractivity contribution is 0.121. The Balaban J connectivity index is 1.92. The van der Waals surface area contributed by atoms with Crippen molar-refractivity contribution in [1.82, 2.24) is 10.2 Å². The molecule has 3 heteroatoms. The molecule has 1 aliphatic heterocycles. The third-order valence-electron chi connectivity index (χ3n) is 5.33. The van der Waals surface area contributed by atoms with Crippen LogP contribution in [0.3, 0.4) is 0 Å². The zero-order chi connectivity index (χ0) is 15.1. The fourth-order valence-corrected chi connectivity index (χ4v) is 5.32. The van der Waals surface area contributed by atoms with Crippen LogP contribution in [0.1, 0.15) is 58.8 Å². The van der Waals surface area contributed by atoms with Crippen molar-refractivity contribution in [3.8, 4) is 0 Å². The summed E-state index contributed by atoms with van der Waals surface area (Å²) in [6, 6.07) is 0.834. The number of rotatable bonds is 7. The quantitative estimate of drug-likeness (QED) is 0.715. The predicted octanol–water partition coefficient (Wildman–Crippen LogP) is 4.01. The number of nitrogens with one attached hydrogen (secondary N) is 1. The summed E-state index contributed by atoms with van der Waals surface area (Å²) in [4.78, 5) is 2.70. The van der Waals surface area contributed by atoms with Crippen LogP contribution in [-0.4, -0.2) is 49.1 Å². The number of hydrogen-bond acceptors (Lipinski definition) is 3. The second-order valence-electron chi connectivity index (χ2n) is 7.87. The fraction of sp³-hybridized carbons (Fsp3) is 1.00. The molecule has 0 aromatic carbocycles. The molecular weight excluding hydrogens is 276 g/mol. The third-order valence-corrected chi connectivity index (χ3v) is 6.48. The van der Waals surface area contributed by atoms with Crippen molar-refractivity contribution in [2.24, 2.45) is 11.3 Å². The van der Waals surface area contributed by atoms with Gasteiger partial charge >= 0.3 is 0 Å². The lowest BCUT2D eigenvalue weighted by atomic mass is 9.79. The van der Waals surface area contributed by atoms with Crippen LogP contribution in [0.25, 0.3) is 0 Å². The van der Waals surface area contributed by atoms with E-state index >= 15 is 0 Å². The minimum Gasteiger partial charge on any atom is -0.316 e. The summed E-state index contributed by atoms with van der Waals surface area (Å²) in [7, 11) is 2.38. The average Bonchev–Trinajstić information content (AvgIpc) is 2.88. The molecule has 21 heavy (non-hydrogen) atoms. The molecule has 1 unspecified atom stereocenters. The van der Waals surface area contributed by atoms with Crippen molar-refractivity contribution in [2.75, 3.05) is 38.2 Å². The van der Waals surface area contributed by atoms with Gasteiger partial charge in [0.05, 0.1) is 0 Å². The molecule has 0 aromatic heterocycles. The molecule has 0 spiro atoms. The monoisotopic (exact) mass is 312 g/mol. The molecule has 1 saturated carbocycles. The summed E-state index contributed by atoms with van der Waals surface area (Å²) < 4.78 is 0. The molecule has 0 radical (unpaired) electrons. The van der Waals surface area contributed by atoms with E-state index in [1.54, 1.807) is 0 Å². The first kappa shape index (κ1) is 17.6. The van der Waals surface area contributed by atoms with Crippen LogP contribution in [0.4, 0.5) is 0 Å². The third kappa shape index (κ3) is 5.76. The Morgan fingerprint density at radius 1 is 1.19 bits per heavy atom. The molecule has 1 N–H and O–H groups in total. The Hall–Kier alpha value is 0.270. The van der Waals surface area contributed by atoms with Gasteiger partial charge in [-0.15, -0.1) is 0 Å². The Morgan fingerprint density at radius 3 is 2.48 bits per heavy atom. The van der Waals surface area contributed by atoms with Crippen LogP contribution >= 0.6 is 11.8 Å². The normalized spacial score (nSPS) is 26.4. The molecule has 1 aliphatic carbocycles. The van der Waals surface area contributed by atoms with E-state index in [4.69, 9.17) is 0 Å². The molecule has 2 rings (SSSR count). The van der Waals surface area contributed by atoms with Crippen molar-refractivity contribution >= 4 is 11.8 Å². The van der Waals surface area contributed by atoms with Crippen molar-refractivity contribution in [1.29, 1.82) is 0 Å². The lowest BCUT2D eigenvalue weighted by Gasteiger charge is -2.39. The lowest BCUT2D eigenvalue weighted by Crippen LogP contribution is -2.46. The van der Waals surface area contributed by atoms with Gasteiger partial charge in [0.1, 0.15) is 0 Å². The van der Waals surface area contributed by atoms with E-state index in [2.05, 4.69) is 42.9 Å². The van der Waals surface area contributed by atoms with Gasteiger partial charge in [0.15, 0.2) is 0 Å². The highest BCUT2D eigenvalue weighted by molar-refractivity contribution is 7.99. The summed E-state index contributed by atoms with van der Waals surface area (Å²) in [6.07, 6.45) is 10.1. The Labute approximate surface area is 136 Å². The topological polar surface area (TPSA) is 15.3 Å². The van der Waals surface area contributed by atoms with E-state index in [-0.39, 0.29) is 0 Å². The van der Waals surface area contributed by atoms with Gasteiger partial charge in [-0.3, -0.25) is 0 Å². The molecule has 0 bridgehead atoms. The van der Waals surface area contributed by atoms with Gasteiger partial charge < -0.3 is 10.2 Å². The van der Waals surface area contributed by atoms with Gasteiger partial charge in [0.25, 0.3) is 0 Å². The van der Waals surface area contributed by atoms with Crippen LogP contribution in [0.2, 0.25) is 0 Å². The molecule has 1 heterocycles. The van der Waals surface area contributed by atoms with Crippen LogP contribution in [0, 0.1) is 11.3 Å². The summed E-state index contributed by atoms with van der Waals surface area (Å²) in [5.41, 5.74) is 0.535. The van der Waals surface area contributed by atoms with E-state index < -0.39 is 0 Å². The number of hydrogen-bond donors (Lipinski definition) is 1. The van der Waals surface area contributed by atoms with Crippen LogP contribution in [0.15, 0.2) is 0 Å². The molecule has 2 fully saturated rings. The van der Waals surface area contributed by atoms with E-state index in [9.17, 15) is 0 Å². The van der Waals surface area contributed by atoms with E-state index in [0.717, 1.165) is 12.0 Å². The van der Waals surface area contributed by atoms with Gasteiger partial charge in [0.2, 0.25) is 0 Å². The minimum atomic E-state index is 0.535. The maximum absolute atomic E-state index is 3.79. The maximum atomic E-state index is 3.79. The molecule has 0 amide bonds. The summed E-state index contributed by atoms with van der Waals surface area (Å²) in [5.74, 6) is 3.48. The summed E-state index contributed by atoms with van der Waals surface area (Å²) >= 11 is 2.14. The largest absolute Gasteiger partial charge is 0.316 e. The van der Waals surface area contributed by atoms with Crippen LogP contribution in [-0.2, 0) is 0 Å². The second-order valence-corrected chi connectivity index (χ2v) is 9.02. The molecule has 2 aliphatic rings. The number of thioether (sulfide) groups is 1. The summed E-state index contributed by atoms with van der Waals surface area (Å²) in [6.45, 7) is 8.34. The first-order chi connectivity index (χ1) is 10.1. The molecule has 2 nitrogen and oxygen atoms in total. The Kier molecular flexibility index (Phi) is 7.37. The summed E-state index contributed by atoms with van der Waals surface area (Å²) in [5, 5.41) is 3.79. The van der Waals surface area contributed by atoms with E-state index in [1.165, 1.54) is 76.1 Å². The molecule has 0 aromatic rings. The van der Waals surface area contributed by atoms with Gasteiger partial charge in [-0.2, -0.15) is 11.8 Å². The standard InChI is InChI=1S/C18H36N2S/c1-16(2)12-19-14-18(9-6-4-5-7-10-18)15-20(3)17-8-11-21-13-17/h16-17,19H,4-15H2,1-3H3. The first-order valence-corrected chi connectivity index (χ1v) is 10.3. The SMILES string of the molecule is CC(C)CNCC1(CN(C)C2CCSC2)CCCCCC1.